The van der Waals surface area contributed by atoms with E-state index in [0.29, 0.717) is 41.7 Å². The number of halogens is 2. The standard InChI is InChI=1S/C23H23Cl2N3O4/c1-4-31-19-13-17(27-23(30)18-11-15(24)21(25)28(18)3)20(32-5-2)12-16(19)26-22(29)14-9-7-6-8-10-14/h6-13H,4-5H2,1-3H3,(H,26,29)(H,27,30). The number of anilines is 2. The number of benzene rings is 2. The van der Waals surface area contributed by atoms with E-state index in [1.54, 1.807) is 43.4 Å². The van der Waals surface area contributed by atoms with Crippen molar-refractivity contribution in [1.29, 1.82) is 0 Å². The van der Waals surface area contributed by atoms with Gasteiger partial charge in [0.2, 0.25) is 0 Å². The van der Waals surface area contributed by atoms with Crippen molar-refractivity contribution in [2.45, 2.75) is 13.8 Å². The third-order valence-electron chi connectivity index (χ3n) is 4.56. The lowest BCUT2D eigenvalue weighted by Gasteiger charge is -2.18. The molecule has 0 aliphatic rings. The van der Waals surface area contributed by atoms with E-state index >= 15 is 0 Å². The molecule has 0 aliphatic heterocycles. The van der Waals surface area contributed by atoms with Gasteiger partial charge in [0.1, 0.15) is 22.3 Å². The van der Waals surface area contributed by atoms with E-state index in [2.05, 4.69) is 10.6 Å². The van der Waals surface area contributed by atoms with E-state index in [4.69, 9.17) is 32.7 Å². The summed E-state index contributed by atoms with van der Waals surface area (Å²) in [4.78, 5) is 25.5. The van der Waals surface area contributed by atoms with Crippen LogP contribution in [0.2, 0.25) is 10.2 Å². The molecule has 9 heteroatoms. The van der Waals surface area contributed by atoms with Gasteiger partial charge in [0.15, 0.2) is 0 Å². The van der Waals surface area contributed by atoms with Crippen LogP contribution in [0.5, 0.6) is 11.5 Å². The van der Waals surface area contributed by atoms with E-state index < -0.39 is 5.91 Å². The van der Waals surface area contributed by atoms with E-state index in [0.717, 1.165) is 0 Å². The van der Waals surface area contributed by atoms with Crippen molar-refractivity contribution in [1.82, 2.24) is 4.57 Å². The number of nitrogens with zero attached hydrogens (tertiary/aromatic N) is 1. The molecular formula is C23H23Cl2N3O4. The molecule has 0 saturated heterocycles. The Morgan fingerprint density at radius 2 is 1.41 bits per heavy atom. The summed E-state index contributed by atoms with van der Waals surface area (Å²) in [6.07, 6.45) is 0. The van der Waals surface area contributed by atoms with Gasteiger partial charge in [-0.2, -0.15) is 0 Å². The highest BCUT2D eigenvalue weighted by Crippen LogP contribution is 2.37. The van der Waals surface area contributed by atoms with Crippen molar-refractivity contribution in [3.05, 3.63) is 70.0 Å². The van der Waals surface area contributed by atoms with E-state index in [1.165, 1.54) is 10.6 Å². The molecule has 0 saturated carbocycles. The summed E-state index contributed by atoms with van der Waals surface area (Å²) in [5.74, 6) is 0.0437. The van der Waals surface area contributed by atoms with Crippen LogP contribution in [0, 0.1) is 0 Å². The van der Waals surface area contributed by atoms with Gasteiger partial charge in [0, 0.05) is 24.7 Å². The van der Waals surface area contributed by atoms with Gasteiger partial charge in [-0.1, -0.05) is 41.4 Å². The maximum Gasteiger partial charge on any atom is 0.272 e. The Morgan fingerprint density at radius 3 is 1.88 bits per heavy atom. The molecule has 3 rings (SSSR count). The second-order valence-corrected chi connectivity index (χ2v) is 7.48. The van der Waals surface area contributed by atoms with Crippen molar-refractivity contribution in [3.63, 3.8) is 0 Å². The van der Waals surface area contributed by atoms with Crippen molar-refractivity contribution >= 4 is 46.4 Å². The number of carbonyl (C=O) groups is 2. The highest BCUT2D eigenvalue weighted by molar-refractivity contribution is 6.42. The Balaban J connectivity index is 1.95. The molecule has 0 unspecified atom stereocenters. The Bertz CT molecular complexity index is 1130. The zero-order valence-corrected chi connectivity index (χ0v) is 19.4. The van der Waals surface area contributed by atoms with Crippen LogP contribution in [0.4, 0.5) is 11.4 Å². The highest BCUT2D eigenvalue weighted by atomic mass is 35.5. The third-order valence-corrected chi connectivity index (χ3v) is 5.40. The SMILES string of the molecule is CCOc1cc(NC(=O)c2cc(Cl)c(Cl)n2C)c(OCC)cc1NC(=O)c1ccccc1. The minimum absolute atomic E-state index is 0.260. The molecular weight excluding hydrogens is 453 g/mol. The van der Waals surface area contributed by atoms with Crippen molar-refractivity contribution < 1.29 is 19.1 Å². The fourth-order valence-electron chi connectivity index (χ4n) is 3.04. The topological polar surface area (TPSA) is 81.6 Å². The summed E-state index contributed by atoms with van der Waals surface area (Å²) in [5.41, 5.74) is 1.59. The number of aromatic nitrogens is 1. The van der Waals surface area contributed by atoms with Gasteiger partial charge in [-0.05, 0) is 32.0 Å². The molecule has 0 radical (unpaired) electrons. The Hall–Kier alpha value is -3.16. The maximum atomic E-state index is 12.9. The number of amides is 2. The van der Waals surface area contributed by atoms with Crippen LogP contribution in [-0.2, 0) is 7.05 Å². The molecule has 1 aromatic heterocycles. The van der Waals surface area contributed by atoms with Crippen molar-refractivity contribution in [3.8, 4) is 11.5 Å². The van der Waals surface area contributed by atoms with Crippen LogP contribution >= 0.6 is 23.2 Å². The minimum Gasteiger partial charge on any atom is -0.492 e. The van der Waals surface area contributed by atoms with Crippen LogP contribution in [0.3, 0.4) is 0 Å². The molecule has 2 N–H and O–H groups in total. The van der Waals surface area contributed by atoms with Crippen LogP contribution in [0.25, 0.3) is 0 Å². The minimum atomic E-state index is -0.425. The molecule has 0 spiro atoms. The number of hydrogen-bond donors (Lipinski definition) is 2. The quantitative estimate of drug-likeness (QED) is 0.441. The molecule has 0 aliphatic carbocycles. The number of rotatable bonds is 8. The number of carbonyl (C=O) groups excluding carboxylic acids is 2. The Morgan fingerprint density at radius 1 is 0.875 bits per heavy atom. The highest BCUT2D eigenvalue weighted by Gasteiger charge is 2.20. The number of hydrogen-bond acceptors (Lipinski definition) is 4. The van der Waals surface area contributed by atoms with Crippen LogP contribution in [0.15, 0.2) is 48.5 Å². The summed E-state index contributed by atoms with van der Waals surface area (Å²) in [5, 5.41) is 6.19. The first kappa shape index (κ1) is 23.5. The fourth-order valence-corrected chi connectivity index (χ4v) is 3.41. The molecule has 1 heterocycles. The summed E-state index contributed by atoms with van der Waals surface area (Å²) in [6, 6.07) is 13.5. The van der Waals surface area contributed by atoms with Gasteiger partial charge in [-0.3, -0.25) is 9.59 Å². The summed E-state index contributed by atoms with van der Waals surface area (Å²) in [6.45, 7) is 4.36. The zero-order valence-electron chi connectivity index (χ0n) is 17.9. The molecule has 2 amide bonds. The lowest BCUT2D eigenvalue weighted by Crippen LogP contribution is -2.17. The van der Waals surface area contributed by atoms with Gasteiger partial charge >= 0.3 is 0 Å². The average Bonchev–Trinajstić information content (AvgIpc) is 3.04. The number of ether oxygens (including phenoxy) is 2. The van der Waals surface area contributed by atoms with Crippen LogP contribution in [-0.4, -0.2) is 29.6 Å². The zero-order chi connectivity index (χ0) is 23.3. The second kappa shape index (κ2) is 10.4. The lowest BCUT2D eigenvalue weighted by atomic mass is 10.2. The molecule has 0 fully saturated rings. The molecule has 3 aromatic rings. The first-order valence-electron chi connectivity index (χ1n) is 9.97. The third kappa shape index (κ3) is 5.18. The maximum absolute atomic E-state index is 12.9. The van der Waals surface area contributed by atoms with E-state index in [1.807, 2.05) is 19.9 Å². The van der Waals surface area contributed by atoms with Crippen molar-refractivity contribution in [2.24, 2.45) is 7.05 Å². The van der Waals surface area contributed by atoms with Gasteiger partial charge in [0.25, 0.3) is 11.8 Å². The van der Waals surface area contributed by atoms with Crippen LogP contribution in [0.1, 0.15) is 34.7 Å². The largest absolute Gasteiger partial charge is 0.492 e. The molecule has 168 valence electrons. The van der Waals surface area contributed by atoms with Crippen molar-refractivity contribution in [2.75, 3.05) is 23.8 Å². The Kier molecular flexibility index (Phi) is 7.66. The monoisotopic (exact) mass is 475 g/mol. The van der Waals surface area contributed by atoms with Crippen LogP contribution < -0.4 is 20.1 Å². The molecule has 0 atom stereocenters. The predicted molar refractivity (Wildman–Crippen MR) is 127 cm³/mol. The first-order valence-corrected chi connectivity index (χ1v) is 10.7. The first-order chi connectivity index (χ1) is 15.3. The molecule has 7 nitrogen and oxygen atoms in total. The molecule has 32 heavy (non-hydrogen) atoms. The smallest absolute Gasteiger partial charge is 0.272 e. The summed E-state index contributed by atoms with van der Waals surface area (Å²) < 4.78 is 12.9. The molecule has 0 bridgehead atoms. The number of nitrogens with one attached hydrogen (secondary N) is 2. The normalized spacial score (nSPS) is 10.5. The average molecular weight is 476 g/mol. The summed E-state index contributed by atoms with van der Waals surface area (Å²) >= 11 is 12.1. The van der Waals surface area contributed by atoms with Gasteiger partial charge in [0.05, 0.1) is 29.6 Å². The fraction of sp³-hybridized carbons (Fsp3) is 0.217. The van der Waals surface area contributed by atoms with Gasteiger partial charge < -0.3 is 24.7 Å². The van der Waals surface area contributed by atoms with Gasteiger partial charge in [-0.25, -0.2) is 0 Å². The Labute approximate surface area is 196 Å². The summed E-state index contributed by atoms with van der Waals surface area (Å²) in [7, 11) is 1.64. The predicted octanol–water partition coefficient (Wildman–Crippen LogP) is 5.63. The molecule has 2 aromatic carbocycles. The van der Waals surface area contributed by atoms with Gasteiger partial charge in [-0.15, -0.1) is 0 Å². The van der Waals surface area contributed by atoms with E-state index in [-0.39, 0.29) is 21.8 Å². The lowest BCUT2D eigenvalue weighted by molar-refractivity contribution is 0.101. The second-order valence-electron chi connectivity index (χ2n) is 6.71. The van der Waals surface area contributed by atoms with E-state index in [9.17, 15) is 9.59 Å².